The van der Waals surface area contributed by atoms with Crippen molar-refractivity contribution >= 4 is 23.5 Å². The molecule has 2 heterocycles. The van der Waals surface area contributed by atoms with Crippen molar-refractivity contribution in [1.29, 1.82) is 0 Å². The van der Waals surface area contributed by atoms with E-state index in [0.29, 0.717) is 32.1 Å². The summed E-state index contributed by atoms with van der Waals surface area (Å²) in [5.41, 5.74) is -0.790. The molecule has 1 unspecified atom stereocenters. The number of amides is 3. The quantitative estimate of drug-likeness (QED) is 0.830. The number of hydrogen-bond donors (Lipinski definition) is 2. The van der Waals surface area contributed by atoms with Crippen LogP contribution in [0.25, 0.3) is 0 Å². The largest absolute Gasteiger partial charge is 0.417 e. The highest BCUT2D eigenvalue weighted by atomic mass is 35.5. The molecule has 0 aliphatic carbocycles. The lowest BCUT2D eigenvalue weighted by Gasteiger charge is -2.32. The van der Waals surface area contributed by atoms with Crippen molar-refractivity contribution in [3.8, 4) is 0 Å². The van der Waals surface area contributed by atoms with Gasteiger partial charge in [0.15, 0.2) is 0 Å². The summed E-state index contributed by atoms with van der Waals surface area (Å²) < 4.78 is 37.9. The summed E-state index contributed by atoms with van der Waals surface area (Å²) in [4.78, 5) is 28.8. The van der Waals surface area contributed by atoms with E-state index < -0.39 is 23.8 Å². The van der Waals surface area contributed by atoms with Gasteiger partial charge >= 0.3 is 12.2 Å². The Kier molecular flexibility index (Phi) is 6.33. The van der Waals surface area contributed by atoms with Crippen LogP contribution in [0.5, 0.6) is 0 Å². The molecule has 0 bridgehead atoms. The molecule has 1 aliphatic heterocycles. The van der Waals surface area contributed by atoms with Crippen molar-refractivity contribution in [3.63, 3.8) is 0 Å². The fourth-order valence-corrected chi connectivity index (χ4v) is 3.08. The zero-order valence-electron chi connectivity index (χ0n) is 14.4. The second-order valence-electron chi connectivity index (χ2n) is 6.21. The van der Waals surface area contributed by atoms with Crippen LogP contribution in [0.3, 0.4) is 0 Å². The Balaban J connectivity index is 1.90. The first-order valence-corrected chi connectivity index (χ1v) is 8.51. The maximum atomic E-state index is 12.6. The Bertz CT molecular complexity index is 676. The smallest absolute Gasteiger partial charge is 0.343 e. The van der Waals surface area contributed by atoms with Crippen LogP contribution in [0.1, 0.15) is 44.0 Å². The number of carbonyl (C=O) groups is 2. The number of aromatic nitrogens is 1. The number of likely N-dealkylation sites (tertiary alicyclic amines) is 1. The van der Waals surface area contributed by atoms with Crippen LogP contribution in [0.2, 0.25) is 5.02 Å². The van der Waals surface area contributed by atoms with E-state index in [2.05, 4.69) is 15.6 Å². The lowest BCUT2D eigenvalue weighted by molar-refractivity contribution is -0.137. The predicted molar refractivity (Wildman–Crippen MR) is 89.6 cm³/mol. The van der Waals surface area contributed by atoms with Crippen molar-refractivity contribution in [2.75, 3.05) is 13.1 Å². The van der Waals surface area contributed by atoms with Crippen LogP contribution >= 0.6 is 11.6 Å². The average molecular weight is 393 g/mol. The predicted octanol–water partition coefficient (Wildman–Crippen LogP) is 3.12. The third-order valence-electron chi connectivity index (χ3n) is 4.23. The minimum Gasteiger partial charge on any atom is -0.343 e. The molecular formula is C16H20ClF3N4O2. The second-order valence-corrected chi connectivity index (χ2v) is 6.62. The molecule has 0 aromatic carbocycles. The SMILES string of the molecule is CC(=O)N1CCC(NC(=O)NC(C)c2ncc(C(F)(F)F)cc2Cl)CC1. The van der Waals surface area contributed by atoms with Crippen molar-refractivity contribution in [1.82, 2.24) is 20.5 Å². The van der Waals surface area contributed by atoms with E-state index in [1.165, 1.54) is 6.92 Å². The fourth-order valence-electron chi connectivity index (χ4n) is 2.75. The Morgan fingerprint density at radius 3 is 2.46 bits per heavy atom. The highest BCUT2D eigenvalue weighted by molar-refractivity contribution is 6.31. The molecule has 3 amide bonds. The zero-order chi connectivity index (χ0) is 19.5. The highest BCUT2D eigenvalue weighted by Gasteiger charge is 2.32. The Labute approximate surface area is 154 Å². The van der Waals surface area contributed by atoms with Gasteiger partial charge in [0.2, 0.25) is 5.91 Å². The molecule has 2 rings (SSSR count). The fraction of sp³-hybridized carbons (Fsp3) is 0.562. The van der Waals surface area contributed by atoms with E-state index in [1.54, 1.807) is 11.8 Å². The number of pyridine rings is 1. The molecule has 1 aromatic rings. The van der Waals surface area contributed by atoms with Crippen LogP contribution in [0.15, 0.2) is 12.3 Å². The molecule has 144 valence electrons. The van der Waals surface area contributed by atoms with E-state index in [4.69, 9.17) is 11.6 Å². The first-order valence-electron chi connectivity index (χ1n) is 8.13. The number of hydrogen-bond acceptors (Lipinski definition) is 3. The number of piperidine rings is 1. The number of nitrogens with zero attached hydrogens (tertiary/aromatic N) is 2. The molecule has 1 fully saturated rings. The van der Waals surface area contributed by atoms with Gasteiger partial charge in [0.1, 0.15) is 0 Å². The summed E-state index contributed by atoms with van der Waals surface area (Å²) in [6.45, 7) is 4.23. The third kappa shape index (κ3) is 5.23. The lowest BCUT2D eigenvalue weighted by Crippen LogP contribution is -2.49. The maximum absolute atomic E-state index is 12.6. The monoisotopic (exact) mass is 392 g/mol. The van der Waals surface area contributed by atoms with Crippen LogP contribution < -0.4 is 10.6 Å². The van der Waals surface area contributed by atoms with Gasteiger partial charge in [-0.05, 0) is 25.8 Å². The lowest BCUT2D eigenvalue weighted by atomic mass is 10.1. The summed E-state index contributed by atoms with van der Waals surface area (Å²) in [5, 5.41) is 5.25. The molecule has 1 aromatic heterocycles. The summed E-state index contributed by atoms with van der Waals surface area (Å²) in [5.74, 6) is 0.00421. The molecule has 0 radical (unpaired) electrons. The molecule has 26 heavy (non-hydrogen) atoms. The van der Waals surface area contributed by atoms with Gasteiger partial charge in [0.05, 0.1) is 22.3 Å². The first-order chi connectivity index (χ1) is 12.1. The van der Waals surface area contributed by atoms with Crippen molar-refractivity contribution < 1.29 is 22.8 Å². The number of urea groups is 1. The van der Waals surface area contributed by atoms with E-state index in [0.717, 1.165) is 6.07 Å². The standard InChI is InChI=1S/C16H20ClF3N4O2/c1-9(14-13(17)7-11(8-21-14)16(18,19)20)22-15(26)23-12-3-5-24(6-4-12)10(2)25/h7-9,12H,3-6H2,1-2H3,(H2,22,23,26). The van der Waals surface area contributed by atoms with Crippen LogP contribution in [0, 0.1) is 0 Å². The number of rotatable bonds is 3. The minimum absolute atomic E-state index is 0.00421. The van der Waals surface area contributed by atoms with E-state index in [9.17, 15) is 22.8 Å². The van der Waals surface area contributed by atoms with Gasteiger partial charge in [-0.2, -0.15) is 13.2 Å². The molecule has 0 saturated carbocycles. The normalized spacial score (nSPS) is 16.9. The molecule has 1 saturated heterocycles. The Morgan fingerprint density at radius 2 is 1.96 bits per heavy atom. The Hall–Kier alpha value is -2.03. The van der Waals surface area contributed by atoms with Crippen molar-refractivity contribution in [2.24, 2.45) is 0 Å². The number of halogens is 4. The van der Waals surface area contributed by atoms with Crippen molar-refractivity contribution in [2.45, 2.75) is 44.9 Å². The molecule has 1 aliphatic rings. The number of nitrogens with one attached hydrogen (secondary N) is 2. The van der Waals surface area contributed by atoms with Crippen LogP contribution in [-0.4, -0.2) is 41.0 Å². The molecule has 1 atom stereocenters. The van der Waals surface area contributed by atoms with Gasteiger partial charge in [-0.15, -0.1) is 0 Å². The average Bonchev–Trinajstić information content (AvgIpc) is 2.54. The van der Waals surface area contributed by atoms with Crippen LogP contribution in [0.4, 0.5) is 18.0 Å². The summed E-state index contributed by atoms with van der Waals surface area (Å²) in [6.07, 6.45) is -2.56. The van der Waals surface area contributed by atoms with E-state index in [-0.39, 0.29) is 22.7 Å². The summed E-state index contributed by atoms with van der Waals surface area (Å²) in [7, 11) is 0. The molecule has 0 spiro atoms. The van der Waals surface area contributed by atoms with Crippen molar-refractivity contribution in [3.05, 3.63) is 28.5 Å². The number of alkyl halides is 3. The van der Waals surface area contributed by atoms with E-state index in [1.807, 2.05) is 0 Å². The van der Waals surface area contributed by atoms with Gasteiger partial charge in [-0.25, -0.2) is 4.79 Å². The zero-order valence-corrected chi connectivity index (χ0v) is 15.1. The third-order valence-corrected chi connectivity index (χ3v) is 4.53. The first kappa shape index (κ1) is 20.3. The van der Waals surface area contributed by atoms with Gasteiger partial charge < -0.3 is 15.5 Å². The van der Waals surface area contributed by atoms with E-state index >= 15 is 0 Å². The van der Waals surface area contributed by atoms with Crippen LogP contribution in [-0.2, 0) is 11.0 Å². The Morgan fingerprint density at radius 1 is 1.35 bits per heavy atom. The molecule has 6 nitrogen and oxygen atoms in total. The van der Waals surface area contributed by atoms with Gasteiger partial charge in [-0.1, -0.05) is 11.6 Å². The maximum Gasteiger partial charge on any atom is 0.417 e. The minimum atomic E-state index is -4.53. The highest BCUT2D eigenvalue weighted by Crippen LogP contribution is 2.32. The van der Waals surface area contributed by atoms with Gasteiger partial charge in [0, 0.05) is 32.3 Å². The molecule has 10 heteroatoms. The second kappa shape index (κ2) is 8.11. The topological polar surface area (TPSA) is 74.3 Å². The van der Waals surface area contributed by atoms with Gasteiger partial charge in [-0.3, -0.25) is 9.78 Å². The summed E-state index contributed by atoms with van der Waals surface area (Å²) >= 11 is 5.88. The number of carbonyl (C=O) groups excluding carboxylic acids is 2. The van der Waals surface area contributed by atoms with Gasteiger partial charge in [0.25, 0.3) is 0 Å². The molecular weight excluding hydrogens is 373 g/mol. The molecule has 2 N–H and O–H groups in total. The summed E-state index contributed by atoms with van der Waals surface area (Å²) in [6, 6.07) is -0.412.